The molecule has 0 spiro atoms. The number of pyridine rings is 1. The first kappa shape index (κ1) is 18.8. The monoisotopic (exact) mass is 398 g/mol. The van der Waals surface area contributed by atoms with Gasteiger partial charge in [-0.15, -0.1) is 0 Å². The predicted octanol–water partition coefficient (Wildman–Crippen LogP) is 1.35. The van der Waals surface area contributed by atoms with Gasteiger partial charge in [0.25, 0.3) is 0 Å². The van der Waals surface area contributed by atoms with Gasteiger partial charge in [-0.1, -0.05) is 15.9 Å². The van der Waals surface area contributed by atoms with Gasteiger partial charge in [0.2, 0.25) is 5.91 Å². The molecule has 132 valence electrons. The average Bonchev–Trinajstić information content (AvgIpc) is 2.55. The fourth-order valence-corrected chi connectivity index (χ4v) is 2.98. The van der Waals surface area contributed by atoms with E-state index in [-0.39, 0.29) is 17.9 Å². The SMILES string of the molecule is COC(=O)CC1CN(CCC(=O)Nc2cc(Br)ccn2)CCN1C. The summed E-state index contributed by atoms with van der Waals surface area (Å²) in [6.45, 7) is 3.17. The van der Waals surface area contributed by atoms with Gasteiger partial charge in [0.1, 0.15) is 5.82 Å². The number of carbonyl (C=O) groups is 2. The van der Waals surface area contributed by atoms with Gasteiger partial charge in [0.15, 0.2) is 0 Å². The van der Waals surface area contributed by atoms with Crippen molar-refractivity contribution in [3.63, 3.8) is 0 Å². The van der Waals surface area contributed by atoms with E-state index in [9.17, 15) is 9.59 Å². The molecule has 0 aliphatic carbocycles. The van der Waals surface area contributed by atoms with E-state index in [0.717, 1.165) is 24.1 Å². The molecule has 1 unspecified atom stereocenters. The van der Waals surface area contributed by atoms with Crippen molar-refractivity contribution in [1.29, 1.82) is 0 Å². The number of carbonyl (C=O) groups excluding carboxylic acids is 2. The van der Waals surface area contributed by atoms with Crippen LogP contribution in [0.2, 0.25) is 0 Å². The van der Waals surface area contributed by atoms with Gasteiger partial charge in [-0.05, 0) is 19.2 Å². The van der Waals surface area contributed by atoms with E-state index >= 15 is 0 Å². The smallest absolute Gasteiger partial charge is 0.307 e. The summed E-state index contributed by atoms with van der Waals surface area (Å²) in [6.07, 6.45) is 2.40. The highest BCUT2D eigenvalue weighted by molar-refractivity contribution is 9.10. The summed E-state index contributed by atoms with van der Waals surface area (Å²) in [4.78, 5) is 32.0. The second kappa shape index (κ2) is 9.10. The van der Waals surface area contributed by atoms with E-state index in [1.807, 2.05) is 7.05 Å². The number of hydrogen-bond acceptors (Lipinski definition) is 6. The quantitative estimate of drug-likeness (QED) is 0.729. The summed E-state index contributed by atoms with van der Waals surface area (Å²) in [5.74, 6) is 0.271. The van der Waals surface area contributed by atoms with E-state index in [4.69, 9.17) is 4.74 Å². The number of rotatable bonds is 6. The number of nitrogens with zero attached hydrogens (tertiary/aromatic N) is 3. The number of hydrogen-bond donors (Lipinski definition) is 1. The number of methoxy groups -OCH3 is 1. The molecule has 8 heteroatoms. The van der Waals surface area contributed by atoms with Crippen molar-refractivity contribution >= 4 is 33.6 Å². The molecule has 24 heavy (non-hydrogen) atoms. The zero-order valence-corrected chi connectivity index (χ0v) is 15.6. The Balaban J connectivity index is 1.78. The minimum absolute atomic E-state index is 0.0657. The Kier molecular flexibility index (Phi) is 7.14. The number of nitrogens with one attached hydrogen (secondary N) is 1. The topological polar surface area (TPSA) is 74.8 Å². The number of likely N-dealkylation sites (N-methyl/N-ethyl adjacent to an activating group) is 1. The van der Waals surface area contributed by atoms with Crippen molar-refractivity contribution < 1.29 is 14.3 Å². The van der Waals surface area contributed by atoms with Gasteiger partial charge in [-0.25, -0.2) is 4.98 Å². The molecule has 0 radical (unpaired) electrons. The Bertz CT molecular complexity index is 584. The van der Waals surface area contributed by atoms with Crippen LogP contribution in [-0.4, -0.2) is 73.0 Å². The zero-order chi connectivity index (χ0) is 17.5. The molecular weight excluding hydrogens is 376 g/mol. The molecule has 1 atom stereocenters. The molecule has 0 bridgehead atoms. The van der Waals surface area contributed by atoms with E-state index in [1.165, 1.54) is 7.11 Å². The van der Waals surface area contributed by atoms with Crippen LogP contribution in [0.3, 0.4) is 0 Å². The lowest BCUT2D eigenvalue weighted by atomic mass is 10.1. The molecule has 1 saturated heterocycles. The summed E-state index contributed by atoms with van der Waals surface area (Å²) < 4.78 is 5.62. The van der Waals surface area contributed by atoms with Crippen molar-refractivity contribution in [3.05, 3.63) is 22.8 Å². The van der Waals surface area contributed by atoms with Gasteiger partial charge in [-0.2, -0.15) is 0 Å². The van der Waals surface area contributed by atoms with Crippen LogP contribution < -0.4 is 5.32 Å². The van der Waals surface area contributed by atoms with Gasteiger partial charge >= 0.3 is 5.97 Å². The maximum atomic E-state index is 12.1. The molecule has 7 nitrogen and oxygen atoms in total. The highest BCUT2D eigenvalue weighted by Crippen LogP contribution is 2.14. The van der Waals surface area contributed by atoms with Crippen LogP contribution in [0.5, 0.6) is 0 Å². The number of esters is 1. The Morgan fingerprint density at radius 1 is 1.46 bits per heavy atom. The average molecular weight is 399 g/mol. The molecule has 1 fully saturated rings. The molecule has 2 heterocycles. The van der Waals surface area contributed by atoms with Gasteiger partial charge < -0.3 is 15.0 Å². The molecular formula is C16H23BrN4O3. The van der Waals surface area contributed by atoms with E-state index in [1.54, 1.807) is 18.3 Å². The predicted molar refractivity (Wildman–Crippen MR) is 94.7 cm³/mol. The molecule has 0 aromatic carbocycles. The normalized spacial score (nSPS) is 19.0. The van der Waals surface area contributed by atoms with Gasteiger partial charge in [0.05, 0.1) is 13.5 Å². The lowest BCUT2D eigenvalue weighted by molar-refractivity contribution is -0.142. The van der Waals surface area contributed by atoms with Crippen LogP contribution in [0, 0.1) is 0 Å². The highest BCUT2D eigenvalue weighted by atomic mass is 79.9. The first-order valence-corrected chi connectivity index (χ1v) is 8.68. The van der Waals surface area contributed by atoms with Crippen LogP contribution in [0.4, 0.5) is 5.82 Å². The molecule has 2 rings (SSSR count). The number of halogens is 1. The Morgan fingerprint density at radius 3 is 2.96 bits per heavy atom. The van der Waals surface area contributed by atoms with Crippen molar-refractivity contribution in [2.75, 3.05) is 45.7 Å². The van der Waals surface area contributed by atoms with Crippen molar-refractivity contribution in [2.24, 2.45) is 0 Å². The minimum Gasteiger partial charge on any atom is -0.469 e. The van der Waals surface area contributed by atoms with Gasteiger partial charge in [0, 0.05) is 49.3 Å². The van der Waals surface area contributed by atoms with E-state index in [0.29, 0.717) is 25.2 Å². The Labute approximate surface area is 150 Å². The highest BCUT2D eigenvalue weighted by Gasteiger charge is 2.26. The van der Waals surface area contributed by atoms with Crippen LogP contribution >= 0.6 is 15.9 Å². The maximum Gasteiger partial charge on any atom is 0.307 e. The van der Waals surface area contributed by atoms with E-state index < -0.39 is 0 Å². The largest absolute Gasteiger partial charge is 0.469 e. The summed E-state index contributed by atoms with van der Waals surface area (Å²) in [7, 11) is 3.42. The number of anilines is 1. The van der Waals surface area contributed by atoms with Crippen LogP contribution in [-0.2, 0) is 14.3 Å². The molecule has 1 aromatic rings. The zero-order valence-electron chi connectivity index (χ0n) is 14.0. The third-order valence-electron chi connectivity index (χ3n) is 4.14. The lowest BCUT2D eigenvalue weighted by Gasteiger charge is -2.38. The standard InChI is InChI=1S/C16H23BrN4O3/c1-20-7-8-21(11-13(20)10-16(23)24-2)6-4-15(22)19-14-9-12(17)3-5-18-14/h3,5,9,13H,4,6-8,10-11H2,1-2H3,(H,18,19,22). The second-order valence-electron chi connectivity index (χ2n) is 5.87. The first-order valence-electron chi connectivity index (χ1n) is 7.88. The van der Waals surface area contributed by atoms with Crippen LogP contribution in [0.1, 0.15) is 12.8 Å². The van der Waals surface area contributed by atoms with Crippen LogP contribution in [0.15, 0.2) is 22.8 Å². The Morgan fingerprint density at radius 2 is 2.25 bits per heavy atom. The number of aromatic nitrogens is 1. The lowest BCUT2D eigenvalue weighted by Crippen LogP contribution is -2.52. The van der Waals surface area contributed by atoms with Crippen molar-refractivity contribution in [2.45, 2.75) is 18.9 Å². The number of piperazine rings is 1. The third kappa shape index (κ3) is 5.85. The first-order chi connectivity index (χ1) is 11.5. The number of ether oxygens (including phenoxy) is 1. The third-order valence-corrected chi connectivity index (χ3v) is 4.63. The molecule has 1 aromatic heterocycles. The fourth-order valence-electron chi connectivity index (χ4n) is 2.65. The molecule has 1 amide bonds. The van der Waals surface area contributed by atoms with E-state index in [2.05, 4.69) is 36.0 Å². The van der Waals surface area contributed by atoms with Crippen molar-refractivity contribution in [3.8, 4) is 0 Å². The molecule has 1 N–H and O–H groups in total. The maximum absolute atomic E-state index is 12.1. The summed E-state index contributed by atoms with van der Waals surface area (Å²) in [5.41, 5.74) is 0. The van der Waals surface area contributed by atoms with Crippen molar-refractivity contribution in [1.82, 2.24) is 14.8 Å². The molecule has 0 saturated carbocycles. The summed E-state index contributed by atoms with van der Waals surface area (Å²) in [6, 6.07) is 3.70. The fraction of sp³-hybridized carbons (Fsp3) is 0.562. The van der Waals surface area contributed by atoms with Gasteiger partial charge in [-0.3, -0.25) is 14.5 Å². The second-order valence-corrected chi connectivity index (χ2v) is 6.79. The molecule has 1 aliphatic rings. The minimum atomic E-state index is -0.202. The van der Waals surface area contributed by atoms with Crippen LogP contribution in [0.25, 0.3) is 0 Å². The molecule has 1 aliphatic heterocycles. The summed E-state index contributed by atoms with van der Waals surface area (Å²) in [5, 5.41) is 2.79. The number of amides is 1. The Hall–Kier alpha value is -1.51. The summed E-state index contributed by atoms with van der Waals surface area (Å²) >= 11 is 3.35.